The number of anilines is 1. The van der Waals surface area contributed by atoms with Gasteiger partial charge in [-0.2, -0.15) is 0 Å². The first-order valence-corrected chi connectivity index (χ1v) is 6.43. The molecule has 1 aromatic heterocycles. The van der Waals surface area contributed by atoms with Crippen LogP contribution in [0.4, 0.5) is 10.8 Å². The molecule has 20 heavy (non-hydrogen) atoms. The van der Waals surface area contributed by atoms with Gasteiger partial charge in [0.05, 0.1) is 12.0 Å². The van der Waals surface area contributed by atoms with Gasteiger partial charge in [0, 0.05) is 18.6 Å². The fourth-order valence-electron chi connectivity index (χ4n) is 1.70. The molecule has 0 aliphatic rings. The summed E-state index contributed by atoms with van der Waals surface area (Å²) in [6.45, 7) is 0. The fraction of sp³-hybridized carbons (Fsp3) is 0.167. The molecule has 0 saturated heterocycles. The summed E-state index contributed by atoms with van der Waals surface area (Å²) in [5.74, 6) is -0.459. The van der Waals surface area contributed by atoms with Crippen molar-refractivity contribution in [2.45, 2.75) is 0 Å². The Hall–Kier alpha value is -2.48. The van der Waals surface area contributed by atoms with Gasteiger partial charge in [-0.25, -0.2) is 4.98 Å². The number of carbonyl (C=O) groups excluding carboxylic acids is 1. The first-order valence-electron chi connectivity index (χ1n) is 5.55. The largest absolute Gasteiger partial charge is 0.490 e. The molecule has 7 nitrogen and oxygen atoms in total. The number of rotatable bonds is 4. The van der Waals surface area contributed by atoms with E-state index in [-0.39, 0.29) is 17.0 Å². The van der Waals surface area contributed by atoms with Crippen molar-refractivity contribution in [1.82, 2.24) is 4.98 Å². The molecule has 0 aliphatic carbocycles. The van der Waals surface area contributed by atoms with Crippen LogP contribution in [0.25, 0.3) is 0 Å². The zero-order chi connectivity index (χ0) is 14.7. The average molecular weight is 293 g/mol. The number of carbonyl (C=O) groups is 1. The second-order valence-electron chi connectivity index (χ2n) is 3.79. The summed E-state index contributed by atoms with van der Waals surface area (Å²) in [4.78, 5) is 28.2. The standard InChI is InChI=1S/C12H11N3O4S/c1-14(12-13-6-7-20-12)11(16)8-4-3-5-9(19-2)10(8)15(17)18/h3-7H,1-2H3. The van der Waals surface area contributed by atoms with Crippen LogP contribution in [-0.2, 0) is 0 Å². The van der Waals surface area contributed by atoms with Crippen LogP contribution in [-0.4, -0.2) is 30.0 Å². The molecule has 0 N–H and O–H groups in total. The molecular weight excluding hydrogens is 282 g/mol. The smallest absolute Gasteiger partial charge is 0.323 e. The third-order valence-corrected chi connectivity index (χ3v) is 3.49. The number of para-hydroxylation sites is 1. The number of methoxy groups -OCH3 is 1. The summed E-state index contributed by atoms with van der Waals surface area (Å²) in [6.07, 6.45) is 1.56. The molecule has 0 spiro atoms. The van der Waals surface area contributed by atoms with Crippen molar-refractivity contribution in [3.63, 3.8) is 0 Å². The quantitative estimate of drug-likeness (QED) is 0.638. The zero-order valence-electron chi connectivity index (χ0n) is 10.8. The van der Waals surface area contributed by atoms with E-state index in [0.717, 1.165) is 0 Å². The molecule has 2 rings (SSSR count). The summed E-state index contributed by atoms with van der Waals surface area (Å²) in [5, 5.41) is 13.3. The Labute approximate surface area is 118 Å². The summed E-state index contributed by atoms with van der Waals surface area (Å²) in [6, 6.07) is 4.38. The average Bonchev–Trinajstić information content (AvgIpc) is 2.98. The summed E-state index contributed by atoms with van der Waals surface area (Å²) < 4.78 is 4.94. The van der Waals surface area contributed by atoms with Gasteiger partial charge in [-0.15, -0.1) is 11.3 Å². The van der Waals surface area contributed by atoms with Gasteiger partial charge < -0.3 is 4.74 Å². The Morgan fingerprint density at radius 3 is 2.80 bits per heavy atom. The van der Waals surface area contributed by atoms with Crippen molar-refractivity contribution in [1.29, 1.82) is 0 Å². The van der Waals surface area contributed by atoms with Gasteiger partial charge in [-0.1, -0.05) is 6.07 Å². The summed E-state index contributed by atoms with van der Waals surface area (Å²) in [5.41, 5.74) is -0.379. The van der Waals surface area contributed by atoms with Crippen LogP contribution >= 0.6 is 11.3 Å². The molecule has 0 atom stereocenters. The number of amides is 1. The predicted molar refractivity (Wildman–Crippen MR) is 74.5 cm³/mol. The maximum absolute atomic E-state index is 12.4. The van der Waals surface area contributed by atoms with Crippen molar-refractivity contribution in [3.05, 3.63) is 45.5 Å². The molecular formula is C12H11N3O4S. The normalized spacial score (nSPS) is 10.1. The highest BCUT2D eigenvalue weighted by Crippen LogP contribution is 2.32. The van der Waals surface area contributed by atoms with Gasteiger partial charge in [0.2, 0.25) is 0 Å². The van der Waals surface area contributed by atoms with E-state index in [1.807, 2.05) is 0 Å². The van der Waals surface area contributed by atoms with Gasteiger partial charge in [0.15, 0.2) is 10.9 Å². The molecule has 0 saturated carbocycles. The number of hydrogen-bond acceptors (Lipinski definition) is 6. The summed E-state index contributed by atoms with van der Waals surface area (Å²) in [7, 11) is 2.84. The minimum absolute atomic E-state index is 0.0351. The fourth-order valence-corrected chi connectivity index (χ4v) is 2.30. The second kappa shape index (κ2) is 5.66. The molecule has 2 aromatic rings. The van der Waals surface area contributed by atoms with Crippen molar-refractivity contribution >= 4 is 28.1 Å². The van der Waals surface area contributed by atoms with Gasteiger partial charge in [-0.05, 0) is 12.1 Å². The minimum atomic E-state index is -0.623. The third-order valence-electron chi connectivity index (χ3n) is 2.64. The number of nitro benzene ring substituents is 1. The van der Waals surface area contributed by atoms with Crippen LogP contribution < -0.4 is 9.64 Å². The van der Waals surface area contributed by atoms with Crippen LogP contribution in [0.5, 0.6) is 5.75 Å². The number of aromatic nitrogens is 1. The molecule has 0 bridgehead atoms. The number of nitrogens with zero attached hydrogens (tertiary/aromatic N) is 3. The zero-order valence-corrected chi connectivity index (χ0v) is 11.6. The van der Waals surface area contributed by atoms with Gasteiger partial charge >= 0.3 is 5.69 Å². The Kier molecular flexibility index (Phi) is 3.94. The van der Waals surface area contributed by atoms with E-state index in [9.17, 15) is 14.9 Å². The third kappa shape index (κ3) is 2.45. The van der Waals surface area contributed by atoms with Crippen LogP contribution in [0.2, 0.25) is 0 Å². The van der Waals surface area contributed by atoms with Crippen LogP contribution in [0.3, 0.4) is 0 Å². The predicted octanol–water partition coefficient (Wildman–Crippen LogP) is 2.34. The maximum Gasteiger partial charge on any atom is 0.323 e. The Morgan fingerprint density at radius 1 is 1.50 bits per heavy atom. The lowest BCUT2D eigenvalue weighted by Gasteiger charge is -2.14. The number of hydrogen-bond donors (Lipinski definition) is 0. The number of benzene rings is 1. The monoisotopic (exact) mass is 293 g/mol. The highest BCUT2D eigenvalue weighted by molar-refractivity contribution is 7.13. The number of ether oxygens (including phenoxy) is 1. The van der Waals surface area contributed by atoms with Gasteiger partial charge in [0.25, 0.3) is 5.91 Å². The first-order chi connectivity index (χ1) is 9.56. The van der Waals surface area contributed by atoms with E-state index < -0.39 is 10.8 Å². The minimum Gasteiger partial charge on any atom is -0.490 e. The van der Waals surface area contributed by atoms with E-state index in [2.05, 4.69) is 4.98 Å². The first kappa shape index (κ1) is 13.9. The van der Waals surface area contributed by atoms with Crippen LogP contribution in [0, 0.1) is 10.1 Å². The van der Waals surface area contributed by atoms with E-state index >= 15 is 0 Å². The molecule has 0 radical (unpaired) electrons. The lowest BCUT2D eigenvalue weighted by molar-refractivity contribution is -0.386. The summed E-state index contributed by atoms with van der Waals surface area (Å²) >= 11 is 1.27. The topological polar surface area (TPSA) is 85.6 Å². The molecule has 1 amide bonds. The molecule has 8 heteroatoms. The van der Waals surface area contributed by atoms with Crippen LogP contribution in [0.1, 0.15) is 10.4 Å². The lowest BCUT2D eigenvalue weighted by atomic mass is 10.1. The van der Waals surface area contributed by atoms with E-state index in [1.54, 1.807) is 11.6 Å². The van der Waals surface area contributed by atoms with Gasteiger partial charge in [0.1, 0.15) is 5.56 Å². The highest BCUT2D eigenvalue weighted by Gasteiger charge is 2.28. The Morgan fingerprint density at radius 2 is 2.25 bits per heavy atom. The van der Waals surface area contributed by atoms with Crippen molar-refractivity contribution in [3.8, 4) is 5.75 Å². The van der Waals surface area contributed by atoms with Gasteiger partial charge in [-0.3, -0.25) is 19.8 Å². The molecule has 0 aliphatic heterocycles. The molecule has 104 valence electrons. The second-order valence-corrected chi connectivity index (χ2v) is 4.67. The Bertz CT molecular complexity index is 642. The maximum atomic E-state index is 12.4. The highest BCUT2D eigenvalue weighted by atomic mass is 32.1. The van der Waals surface area contributed by atoms with Crippen molar-refractivity contribution < 1.29 is 14.5 Å². The molecule has 1 aromatic carbocycles. The van der Waals surface area contributed by atoms with Crippen LogP contribution in [0.15, 0.2) is 29.8 Å². The van der Waals surface area contributed by atoms with Crippen molar-refractivity contribution in [2.24, 2.45) is 0 Å². The SMILES string of the molecule is COc1cccc(C(=O)N(C)c2nccs2)c1[N+](=O)[O-]. The van der Waals surface area contributed by atoms with E-state index in [0.29, 0.717) is 5.13 Å². The Balaban J connectivity index is 2.47. The number of thiazole rings is 1. The molecule has 0 fully saturated rings. The lowest BCUT2D eigenvalue weighted by Crippen LogP contribution is -2.26. The van der Waals surface area contributed by atoms with E-state index in [1.165, 1.54) is 48.6 Å². The van der Waals surface area contributed by atoms with E-state index in [4.69, 9.17) is 4.74 Å². The molecule has 0 unspecified atom stereocenters. The van der Waals surface area contributed by atoms with Crippen molar-refractivity contribution in [2.75, 3.05) is 19.1 Å². The molecule has 1 heterocycles. The number of nitro groups is 1.